The molecule has 0 radical (unpaired) electrons. The first-order valence-corrected chi connectivity index (χ1v) is 6.88. The van der Waals surface area contributed by atoms with Crippen molar-refractivity contribution in [1.82, 2.24) is 9.97 Å². The Morgan fingerprint density at radius 1 is 1.18 bits per heavy atom. The van der Waals surface area contributed by atoms with Gasteiger partial charge in [0.05, 0.1) is 36.4 Å². The molecule has 0 spiro atoms. The molecule has 1 atom stereocenters. The zero-order valence-electron chi connectivity index (χ0n) is 12.5. The van der Waals surface area contributed by atoms with Gasteiger partial charge in [-0.15, -0.1) is 0 Å². The van der Waals surface area contributed by atoms with Crippen LogP contribution in [-0.4, -0.2) is 24.2 Å². The first-order chi connectivity index (χ1) is 10.6. The average Bonchev–Trinajstić information content (AvgIpc) is 2.56. The van der Waals surface area contributed by atoms with E-state index in [9.17, 15) is 0 Å². The number of nitrogens with two attached hydrogens (primary N) is 2. The number of hydrogen-bond acceptors (Lipinski definition) is 6. The molecule has 0 amide bonds. The summed E-state index contributed by atoms with van der Waals surface area (Å²) in [6.45, 7) is 0. The molecule has 0 bridgehead atoms. The molecule has 0 aliphatic heterocycles. The maximum Gasteiger partial charge on any atom is 0.133 e. The summed E-state index contributed by atoms with van der Waals surface area (Å²) in [5, 5.41) is 0.784. The molecular weight excluding hydrogens is 280 g/mol. The van der Waals surface area contributed by atoms with Gasteiger partial charge in [-0.1, -0.05) is 12.2 Å². The van der Waals surface area contributed by atoms with Crippen molar-refractivity contribution < 1.29 is 9.47 Å². The SMILES string of the molecule is COc1cc(OC)c2c(C3(N)C=CC(N)=CC3)ncnc2c1. The van der Waals surface area contributed by atoms with Crippen LogP contribution in [-0.2, 0) is 5.54 Å². The Morgan fingerprint density at radius 3 is 2.64 bits per heavy atom. The van der Waals surface area contributed by atoms with E-state index in [1.54, 1.807) is 26.4 Å². The van der Waals surface area contributed by atoms with Gasteiger partial charge in [-0.2, -0.15) is 0 Å². The van der Waals surface area contributed by atoms with Crippen LogP contribution in [0, 0.1) is 0 Å². The number of rotatable bonds is 3. The van der Waals surface area contributed by atoms with Crippen LogP contribution in [0.4, 0.5) is 0 Å². The molecular formula is C16H18N4O2. The maximum absolute atomic E-state index is 6.54. The van der Waals surface area contributed by atoms with Gasteiger partial charge < -0.3 is 20.9 Å². The fourth-order valence-corrected chi connectivity index (χ4v) is 2.60. The number of hydrogen-bond donors (Lipinski definition) is 2. The van der Waals surface area contributed by atoms with Gasteiger partial charge in [0.25, 0.3) is 0 Å². The Morgan fingerprint density at radius 2 is 2.00 bits per heavy atom. The Balaban J connectivity index is 2.25. The highest BCUT2D eigenvalue weighted by Crippen LogP contribution is 2.37. The molecule has 0 fully saturated rings. The maximum atomic E-state index is 6.54. The van der Waals surface area contributed by atoms with E-state index < -0.39 is 5.54 Å². The standard InChI is InChI=1S/C16H18N4O2/c1-21-11-7-12-14(13(8-11)22-2)15(20-9-19-12)16(18)5-3-10(17)4-6-16/h3-5,7-9H,6,17-18H2,1-2H3. The van der Waals surface area contributed by atoms with Gasteiger partial charge in [0.1, 0.15) is 17.8 Å². The number of aromatic nitrogens is 2. The zero-order valence-corrected chi connectivity index (χ0v) is 12.5. The van der Waals surface area contributed by atoms with E-state index in [1.165, 1.54) is 6.33 Å². The van der Waals surface area contributed by atoms with Crippen LogP contribution >= 0.6 is 0 Å². The number of benzene rings is 1. The van der Waals surface area contributed by atoms with Crippen molar-refractivity contribution in [3.05, 3.63) is 48.1 Å². The second-order valence-corrected chi connectivity index (χ2v) is 5.23. The van der Waals surface area contributed by atoms with Crippen molar-refractivity contribution in [2.45, 2.75) is 12.0 Å². The molecule has 1 unspecified atom stereocenters. The minimum absolute atomic E-state index is 0.566. The lowest BCUT2D eigenvalue weighted by Crippen LogP contribution is -2.37. The number of fused-ring (bicyclic) bond motifs is 1. The summed E-state index contributed by atoms with van der Waals surface area (Å²) in [5.74, 6) is 1.30. The van der Waals surface area contributed by atoms with Crippen molar-refractivity contribution in [2.24, 2.45) is 11.5 Å². The van der Waals surface area contributed by atoms with E-state index in [2.05, 4.69) is 9.97 Å². The quantitative estimate of drug-likeness (QED) is 0.893. The molecule has 1 heterocycles. The van der Waals surface area contributed by atoms with E-state index >= 15 is 0 Å². The van der Waals surface area contributed by atoms with Crippen LogP contribution in [0.2, 0.25) is 0 Å². The van der Waals surface area contributed by atoms with Crippen molar-refractivity contribution in [1.29, 1.82) is 0 Å². The largest absolute Gasteiger partial charge is 0.497 e. The van der Waals surface area contributed by atoms with Crippen molar-refractivity contribution >= 4 is 10.9 Å². The molecule has 1 aromatic carbocycles. The monoisotopic (exact) mass is 298 g/mol. The van der Waals surface area contributed by atoms with Crippen LogP contribution in [0.25, 0.3) is 10.9 Å². The highest BCUT2D eigenvalue weighted by atomic mass is 16.5. The third-order valence-electron chi connectivity index (χ3n) is 3.82. The highest BCUT2D eigenvalue weighted by molar-refractivity contribution is 5.89. The lowest BCUT2D eigenvalue weighted by Gasteiger charge is -2.28. The third kappa shape index (κ3) is 2.27. The normalized spacial score (nSPS) is 20.8. The van der Waals surface area contributed by atoms with E-state index in [0.717, 1.165) is 10.9 Å². The zero-order chi connectivity index (χ0) is 15.7. The lowest BCUT2D eigenvalue weighted by atomic mass is 9.85. The van der Waals surface area contributed by atoms with Crippen LogP contribution in [0.1, 0.15) is 12.1 Å². The Kier molecular flexibility index (Phi) is 3.46. The molecule has 3 rings (SSSR count). The summed E-state index contributed by atoms with van der Waals surface area (Å²) < 4.78 is 10.8. The van der Waals surface area contributed by atoms with Gasteiger partial charge in [0, 0.05) is 17.8 Å². The smallest absolute Gasteiger partial charge is 0.133 e. The fourth-order valence-electron chi connectivity index (χ4n) is 2.60. The summed E-state index contributed by atoms with van der Waals surface area (Å²) >= 11 is 0. The molecule has 6 nitrogen and oxygen atoms in total. The highest BCUT2D eigenvalue weighted by Gasteiger charge is 2.30. The van der Waals surface area contributed by atoms with E-state index in [-0.39, 0.29) is 0 Å². The Hall–Kier alpha value is -2.60. The van der Waals surface area contributed by atoms with Crippen molar-refractivity contribution in [3.63, 3.8) is 0 Å². The molecule has 6 heteroatoms. The second-order valence-electron chi connectivity index (χ2n) is 5.23. The lowest BCUT2D eigenvalue weighted by molar-refractivity contribution is 0.397. The first-order valence-electron chi connectivity index (χ1n) is 6.88. The summed E-state index contributed by atoms with van der Waals surface area (Å²) in [5.41, 5.74) is 13.7. The fraction of sp³-hybridized carbons (Fsp3) is 0.250. The molecule has 0 saturated heterocycles. The number of nitrogens with zero attached hydrogens (tertiary/aromatic N) is 2. The first kappa shape index (κ1) is 14.3. The minimum atomic E-state index is -0.744. The van der Waals surface area contributed by atoms with Crippen LogP contribution in [0.15, 0.2) is 42.4 Å². The predicted molar refractivity (Wildman–Crippen MR) is 84.5 cm³/mol. The van der Waals surface area contributed by atoms with Gasteiger partial charge in [0.2, 0.25) is 0 Å². The summed E-state index contributed by atoms with van der Waals surface area (Å²) in [6.07, 6.45) is 7.63. The van der Waals surface area contributed by atoms with Gasteiger partial charge in [-0.05, 0) is 12.5 Å². The minimum Gasteiger partial charge on any atom is -0.497 e. The summed E-state index contributed by atoms with van der Waals surface area (Å²) in [7, 11) is 3.20. The molecule has 1 aliphatic rings. The summed E-state index contributed by atoms with van der Waals surface area (Å²) in [6, 6.07) is 3.64. The number of allylic oxidation sites excluding steroid dienone is 1. The van der Waals surface area contributed by atoms with E-state index in [0.29, 0.717) is 29.3 Å². The molecule has 0 saturated carbocycles. The van der Waals surface area contributed by atoms with Gasteiger partial charge in [0.15, 0.2) is 0 Å². The van der Waals surface area contributed by atoms with Crippen LogP contribution in [0.5, 0.6) is 11.5 Å². The average molecular weight is 298 g/mol. The van der Waals surface area contributed by atoms with Crippen LogP contribution < -0.4 is 20.9 Å². The third-order valence-corrected chi connectivity index (χ3v) is 3.82. The predicted octanol–water partition coefficient (Wildman–Crippen LogP) is 1.60. The molecule has 22 heavy (non-hydrogen) atoms. The molecule has 4 N–H and O–H groups in total. The van der Waals surface area contributed by atoms with Crippen molar-refractivity contribution in [3.8, 4) is 11.5 Å². The molecule has 2 aromatic rings. The Bertz CT molecular complexity index is 785. The number of methoxy groups -OCH3 is 2. The van der Waals surface area contributed by atoms with E-state index in [4.69, 9.17) is 20.9 Å². The second kappa shape index (κ2) is 5.31. The Labute approximate surface area is 128 Å². The number of ether oxygens (including phenoxy) is 2. The molecule has 1 aromatic heterocycles. The van der Waals surface area contributed by atoms with Gasteiger partial charge >= 0.3 is 0 Å². The van der Waals surface area contributed by atoms with Gasteiger partial charge in [-0.25, -0.2) is 9.97 Å². The van der Waals surface area contributed by atoms with Crippen molar-refractivity contribution in [2.75, 3.05) is 14.2 Å². The topological polar surface area (TPSA) is 96.3 Å². The van der Waals surface area contributed by atoms with Gasteiger partial charge in [-0.3, -0.25) is 0 Å². The van der Waals surface area contributed by atoms with E-state index in [1.807, 2.05) is 18.2 Å². The van der Waals surface area contributed by atoms with Crippen LogP contribution in [0.3, 0.4) is 0 Å². The molecule has 114 valence electrons. The molecule has 1 aliphatic carbocycles. The summed E-state index contributed by atoms with van der Waals surface area (Å²) in [4.78, 5) is 8.72.